The van der Waals surface area contributed by atoms with Gasteiger partial charge in [0, 0.05) is 31.0 Å². The van der Waals surface area contributed by atoms with Crippen molar-refractivity contribution in [3.05, 3.63) is 54.1 Å². The van der Waals surface area contributed by atoms with Crippen LogP contribution in [0.3, 0.4) is 0 Å². The van der Waals surface area contributed by atoms with Crippen LogP contribution in [0.15, 0.2) is 48.5 Å². The molecule has 0 aliphatic heterocycles. The van der Waals surface area contributed by atoms with E-state index in [4.69, 9.17) is 9.47 Å². The molecule has 0 saturated heterocycles. The molecule has 218 valence electrons. The SMILES string of the molecule is CC(C)(C)OC(=O)NCCCN(CCOc1ccc(NS(C)(=O)=O)cc1)CCc1ccc(NS(C)(=O)=O)cc1. The first-order valence-corrected chi connectivity index (χ1v) is 16.3. The van der Waals surface area contributed by atoms with Crippen molar-refractivity contribution in [3.8, 4) is 5.75 Å². The topological polar surface area (TPSA) is 143 Å². The molecule has 13 heteroatoms. The van der Waals surface area contributed by atoms with Gasteiger partial charge in [-0.25, -0.2) is 21.6 Å². The zero-order valence-corrected chi connectivity index (χ0v) is 24.8. The number of anilines is 2. The Morgan fingerprint density at radius 2 is 1.36 bits per heavy atom. The maximum atomic E-state index is 11.9. The number of benzene rings is 2. The Labute approximate surface area is 232 Å². The van der Waals surface area contributed by atoms with E-state index >= 15 is 0 Å². The minimum atomic E-state index is -3.35. The fourth-order valence-electron chi connectivity index (χ4n) is 3.51. The third-order valence-corrected chi connectivity index (χ3v) is 6.34. The quantitative estimate of drug-likeness (QED) is 0.271. The maximum Gasteiger partial charge on any atom is 0.407 e. The standard InChI is InChI=1S/C26H40N4O7S2/c1-26(2,3)37-25(31)27-16-6-17-30(18-15-21-7-9-22(10-8-21)28-38(4,32)33)19-20-36-24-13-11-23(12-14-24)29-39(5,34)35/h7-14,28-29H,6,15-20H2,1-5H3,(H,27,31). The van der Waals surface area contributed by atoms with Gasteiger partial charge in [0.25, 0.3) is 0 Å². The number of nitrogens with zero attached hydrogens (tertiary/aromatic N) is 1. The Balaban J connectivity index is 1.90. The molecular formula is C26H40N4O7S2. The lowest BCUT2D eigenvalue weighted by molar-refractivity contribution is 0.0525. The fraction of sp³-hybridized carbons (Fsp3) is 0.500. The molecular weight excluding hydrogens is 544 g/mol. The van der Waals surface area contributed by atoms with Gasteiger partial charge in [0.15, 0.2) is 0 Å². The van der Waals surface area contributed by atoms with E-state index in [1.165, 1.54) is 0 Å². The van der Waals surface area contributed by atoms with E-state index in [2.05, 4.69) is 19.7 Å². The van der Waals surface area contributed by atoms with E-state index in [1.807, 2.05) is 32.9 Å². The number of sulfonamides is 2. The van der Waals surface area contributed by atoms with Gasteiger partial charge < -0.3 is 14.8 Å². The Kier molecular flexibility index (Phi) is 11.9. The summed E-state index contributed by atoms with van der Waals surface area (Å²) in [7, 11) is -6.68. The Hall–Kier alpha value is -3.03. The third kappa shape index (κ3) is 15.2. The van der Waals surface area contributed by atoms with Crippen LogP contribution >= 0.6 is 0 Å². The van der Waals surface area contributed by atoms with Gasteiger partial charge in [-0.15, -0.1) is 0 Å². The molecule has 0 radical (unpaired) electrons. The lowest BCUT2D eigenvalue weighted by Gasteiger charge is -2.23. The number of hydrogen-bond donors (Lipinski definition) is 3. The molecule has 0 aliphatic rings. The zero-order chi connectivity index (χ0) is 29.1. The summed E-state index contributed by atoms with van der Waals surface area (Å²) < 4.78 is 61.6. The van der Waals surface area contributed by atoms with E-state index in [-0.39, 0.29) is 0 Å². The highest BCUT2D eigenvalue weighted by atomic mass is 32.2. The number of carbonyl (C=O) groups is 1. The highest BCUT2D eigenvalue weighted by Gasteiger charge is 2.15. The van der Waals surface area contributed by atoms with Crippen molar-refractivity contribution in [2.24, 2.45) is 0 Å². The van der Waals surface area contributed by atoms with E-state index in [9.17, 15) is 21.6 Å². The number of ether oxygens (including phenoxy) is 2. The zero-order valence-electron chi connectivity index (χ0n) is 23.2. The predicted molar refractivity (Wildman–Crippen MR) is 154 cm³/mol. The lowest BCUT2D eigenvalue weighted by atomic mass is 10.1. The van der Waals surface area contributed by atoms with Crippen LogP contribution in [0.25, 0.3) is 0 Å². The molecule has 0 heterocycles. The largest absolute Gasteiger partial charge is 0.492 e. The van der Waals surface area contributed by atoms with E-state index < -0.39 is 31.7 Å². The number of amides is 1. The molecule has 1 amide bonds. The maximum absolute atomic E-state index is 11.9. The van der Waals surface area contributed by atoms with Gasteiger partial charge in [-0.3, -0.25) is 14.3 Å². The molecule has 0 aromatic heterocycles. The average molecular weight is 585 g/mol. The fourth-order valence-corrected chi connectivity index (χ4v) is 4.64. The summed E-state index contributed by atoms with van der Waals surface area (Å²) in [6.07, 6.45) is 3.20. The summed E-state index contributed by atoms with van der Waals surface area (Å²) in [6.45, 7) is 8.39. The van der Waals surface area contributed by atoms with Crippen molar-refractivity contribution in [2.75, 3.05) is 54.7 Å². The van der Waals surface area contributed by atoms with Gasteiger partial charge in [-0.05, 0) is 82.1 Å². The Morgan fingerprint density at radius 1 is 0.821 bits per heavy atom. The van der Waals surface area contributed by atoms with Crippen LogP contribution in [0.2, 0.25) is 0 Å². The van der Waals surface area contributed by atoms with E-state index in [0.717, 1.165) is 31.0 Å². The van der Waals surface area contributed by atoms with Crippen molar-refractivity contribution in [1.29, 1.82) is 0 Å². The molecule has 0 aliphatic carbocycles. The van der Waals surface area contributed by atoms with Gasteiger partial charge in [0.05, 0.1) is 12.5 Å². The molecule has 0 atom stereocenters. The molecule has 2 aromatic rings. The van der Waals surface area contributed by atoms with E-state index in [0.29, 0.717) is 49.8 Å². The van der Waals surface area contributed by atoms with Crippen molar-refractivity contribution >= 4 is 37.5 Å². The second kappa shape index (κ2) is 14.4. The van der Waals surface area contributed by atoms with Crippen LogP contribution in [-0.4, -0.2) is 78.7 Å². The normalized spacial score (nSPS) is 12.2. The van der Waals surface area contributed by atoms with Crippen molar-refractivity contribution < 1.29 is 31.1 Å². The Morgan fingerprint density at radius 3 is 1.87 bits per heavy atom. The number of carbonyl (C=O) groups excluding carboxylic acids is 1. The minimum absolute atomic E-state index is 0.412. The monoisotopic (exact) mass is 584 g/mol. The first-order valence-electron chi connectivity index (χ1n) is 12.5. The number of hydrogen-bond acceptors (Lipinski definition) is 8. The van der Waals surface area contributed by atoms with Gasteiger partial charge in [0.2, 0.25) is 20.0 Å². The molecule has 0 saturated carbocycles. The molecule has 2 aromatic carbocycles. The van der Waals surface area contributed by atoms with Crippen molar-refractivity contribution in [2.45, 2.75) is 39.2 Å². The third-order valence-electron chi connectivity index (χ3n) is 5.13. The molecule has 2 rings (SSSR count). The average Bonchev–Trinajstić information content (AvgIpc) is 2.78. The number of rotatable bonds is 15. The summed E-state index contributed by atoms with van der Waals surface area (Å²) in [4.78, 5) is 14.1. The van der Waals surface area contributed by atoms with Crippen LogP contribution in [0.4, 0.5) is 16.2 Å². The number of nitrogens with one attached hydrogen (secondary N) is 3. The van der Waals surface area contributed by atoms with Gasteiger partial charge >= 0.3 is 6.09 Å². The summed E-state index contributed by atoms with van der Waals surface area (Å²) in [5, 5.41) is 2.77. The van der Waals surface area contributed by atoms with Crippen LogP contribution in [0, 0.1) is 0 Å². The molecule has 39 heavy (non-hydrogen) atoms. The van der Waals surface area contributed by atoms with Crippen molar-refractivity contribution in [1.82, 2.24) is 10.2 Å². The number of alkyl carbamates (subject to hydrolysis) is 1. The van der Waals surface area contributed by atoms with Crippen LogP contribution in [0.1, 0.15) is 32.8 Å². The lowest BCUT2D eigenvalue weighted by Crippen LogP contribution is -2.36. The van der Waals surface area contributed by atoms with Crippen LogP contribution in [-0.2, 0) is 31.2 Å². The van der Waals surface area contributed by atoms with Crippen LogP contribution < -0.4 is 19.5 Å². The second-order valence-electron chi connectivity index (χ2n) is 10.2. The first-order chi connectivity index (χ1) is 18.1. The molecule has 0 unspecified atom stereocenters. The van der Waals surface area contributed by atoms with Gasteiger partial charge in [-0.2, -0.15) is 0 Å². The van der Waals surface area contributed by atoms with Crippen molar-refractivity contribution in [3.63, 3.8) is 0 Å². The molecule has 0 fully saturated rings. The summed E-state index contributed by atoms with van der Waals surface area (Å²) in [6, 6.07) is 13.9. The summed E-state index contributed by atoms with van der Waals surface area (Å²) >= 11 is 0. The summed E-state index contributed by atoms with van der Waals surface area (Å²) in [5.74, 6) is 0.620. The Bertz CT molecular complexity index is 1260. The highest BCUT2D eigenvalue weighted by Crippen LogP contribution is 2.17. The first kappa shape index (κ1) is 32.2. The second-order valence-corrected chi connectivity index (χ2v) is 13.7. The van der Waals surface area contributed by atoms with E-state index in [1.54, 1.807) is 36.4 Å². The molecule has 3 N–H and O–H groups in total. The van der Waals surface area contributed by atoms with Crippen LogP contribution in [0.5, 0.6) is 5.75 Å². The molecule has 0 bridgehead atoms. The summed E-state index contributed by atoms with van der Waals surface area (Å²) in [5.41, 5.74) is 1.47. The highest BCUT2D eigenvalue weighted by molar-refractivity contribution is 7.92. The smallest absolute Gasteiger partial charge is 0.407 e. The van der Waals surface area contributed by atoms with Gasteiger partial charge in [0.1, 0.15) is 18.0 Å². The predicted octanol–water partition coefficient (Wildman–Crippen LogP) is 3.27. The van der Waals surface area contributed by atoms with Gasteiger partial charge in [-0.1, -0.05) is 12.1 Å². The molecule has 0 spiro atoms. The minimum Gasteiger partial charge on any atom is -0.492 e. The molecule has 11 nitrogen and oxygen atoms in total.